The third-order valence-corrected chi connectivity index (χ3v) is 14.2. The number of amides is 4. The molecule has 410 valence electrons. The molecule has 2 aliphatic rings. The van der Waals surface area contributed by atoms with Gasteiger partial charge in [-0.15, -0.1) is 0 Å². The number of benzene rings is 6. The first-order chi connectivity index (χ1) is 38.0. The van der Waals surface area contributed by atoms with E-state index < -0.39 is 24.0 Å². The number of hydrogen-bond donors (Lipinski definition) is 8. The van der Waals surface area contributed by atoms with E-state index in [4.69, 9.17) is 19.9 Å². The molecule has 2 heterocycles. The molecule has 0 bridgehead atoms. The van der Waals surface area contributed by atoms with Crippen molar-refractivity contribution in [2.45, 2.75) is 50.1 Å². The lowest BCUT2D eigenvalue weighted by molar-refractivity contribution is 0.0728. The third-order valence-electron chi connectivity index (χ3n) is 14.2. The van der Waals surface area contributed by atoms with Gasteiger partial charge >= 0.3 is 0 Å². The normalized spacial score (nSPS) is 15.0. The second-order valence-electron chi connectivity index (χ2n) is 19.7. The molecule has 2 saturated heterocycles. The molecule has 0 radical (unpaired) electrons. The summed E-state index contributed by atoms with van der Waals surface area (Å²) >= 11 is 0. The predicted octanol–water partition coefficient (Wildman–Crippen LogP) is 4.87. The zero-order valence-electron chi connectivity index (χ0n) is 44.9. The summed E-state index contributed by atoms with van der Waals surface area (Å²) in [5.41, 5.74) is 13.3. The van der Waals surface area contributed by atoms with Gasteiger partial charge in [0, 0.05) is 119 Å². The molecule has 2 fully saturated rings. The Balaban J connectivity index is 1.07. The van der Waals surface area contributed by atoms with E-state index in [0.717, 1.165) is 52.5 Å². The van der Waals surface area contributed by atoms with Crippen molar-refractivity contribution in [2.75, 3.05) is 92.1 Å². The van der Waals surface area contributed by atoms with Gasteiger partial charge < -0.3 is 67.0 Å². The van der Waals surface area contributed by atoms with Crippen molar-refractivity contribution in [3.8, 4) is 17.2 Å². The molecule has 17 nitrogen and oxygen atoms in total. The average Bonchev–Trinajstić information content (AvgIpc) is 3.51. The number of nitrogens with zero attached hydrogens (tertiary/aromatic N) is 2. The smallest absolute Gasteiger partial charge is 0.254 e. The van der Waals surface area contributed by atoms with Gasteiger partial charge in [0.1, 0.15) is 17.2 Å². The summed E-state index contributed by atoms with van der Waals surface area (Å²) in [5, 5.41) is 24.1. The van der Waals surface area contributed by atoms with Crippen molar-refractivity contribution < 1.29 is 33.4 Å². The molecule has 0 aromatic heterocycles. The zero-order chi connectivity index (χ0) is 54.6. The number of nitrogens with one attached hydrogen (secondary N) is 7. The largest absolute Gasteiger partial charge is 0.497 e. The number of carbonyl (C=O) groups excluding carboxylic acids is 4. The maximum Gasteiger partial charge on any atom is 0.254 e. The van der Waals surface area contributed by atoms with E-state index in [1.807, 2.05) is 108 Å². The number of rotatable bonds is 25. The number of piperazine rings is 2. The molecule has 0 spiro atoms. The van der Waals surface area contributed by atoms with Crippen LogP contribution in [0.2, 0.25) is 0 Å². The van der Waals surface area contributed by atoms with Gasteiger partial charge in [-0.2, -0.15) is 0 Å². The predicted molar refractivity (Wildman–Crippen MR) is 305 cm³/mol. The topological polar surface area (TPSA) is 213 Å². The Bertz CT molecular complexity index is 2930. The highest BCUT2D eigenvalue weighted by atomic mass is 16.5. The van der Waals surface area contributed by atoms with E-state index in [0.29, 0.717) is 101 Å². The SMILES string of the molecule is COc1cccc(CNCC(N)[C@H](Cc2cccc(NC(CNCc3cccc(OC)c3)[C@H](Cc3ccccc3)NC(=O)c3cccc(C(=O)N4CCNCC4)c3)c2)NC(=O)c2cc(OC)cc(C(=O)N3CCNCC3)c2)c1. The van der Waals surface area contributed by atoms with Crippen molar-refractivity contribution in [1.29, 1.82) is 0 Å². The molecule has 4 atom stereocenters. The van der Waals surface area contributed by atoms with E-state index in [2.05, 4.69) is 37.2 Å². The van der Waals surface area contributed by atoms with Gasteiger partial charge in [0.05, 0.1) is 33.4 Å². The zero-order valence-corrected chi connectivity index (χ0v) is 44.9. The molecule has 6 aromatic rings. The summed E-state index contributed by atoms with van der Waals surface area (Å²) in [6.45, 7) is 6.97. The molecule has 4 amide bonds. The van der Waals surface area contributed by atoms with E-state index in [9.17, 15) is 19.2 Å². The molecule has 0 aliphatic carbocycles. The molecule has 0 saturated carbocycles. The Labute approximate surface area is 458 Å². The van der Waals surface area contributed by atoms with Crippen LogP contribution < -0.4 is 57.2 Å². The molecule has 2 unspecified atom stereocenters. The second kappa shape index (κ2) is 28.5. The van der Waals surface area contributed by atoms with Gasteiger partial charge in [0.15, 0.2) is 0 Å². The Morgan fingerprint density at radius 3 is 1.63 bits per heavy atom. The number of hydrogen-bond acceptors (Lipinski definition) is 13. The van der Waals surface area contributed by atoms with Gasteiger partial charge in [-0.3, -0.25) is 19.2 Å². The standard InChI is InChI=1S/C61H74N10O7/c1-76-51-19-8-14-44(30-51)38-65-40-54(62)55(68-59(73)48-35-49(37-53(36-48)78-3)61(75)71-27-23-64-24-28-71)33-43-13-7-18-50(29-43)67-57(41-66-39-45-15-9-20-52(31-45)77-2)56(32-42-11-5-4-6-12-42)69-58(72)46-16-10-17-47(34-46)60(74)70-25-21-63-22-26-70/h4-20,29-31,34-37,54-57,63-67H,21-28,32-33,38-41,62H2,1-3H3,(H,68,73)(H,69,72)/t54?,55-,56-,57?/m0/s1. The summed E-state index contributed by atoms with van der Waals surface area (Å²) in [7, 11) is 4.79. The fourth-order valence-corrected chi connectivity index (χ4v) is 9.85. The van der Waals surface area contributed by atoms with Crippen molar-refractivity contribution in [3.05, 3.63) is 190 Å². The number of ether oxygens (including phenoxy) is 3. The molecule has 9 N–H and O–H groups in total. The summed E-state index contributed by atoms with van der Waals surface area (Å²) in [4.78, 5) is 59.8. The van der Waals surface area contributed by atoms with Crippen LogP contribution in [0.3, 0.4) is 0 Å². The van der Waals surface area contributed by atoms with E-state index in [1.165, 1.54) is 7.11 Å². The van der Waals surface area contributed by atoms with Crippen LogP contribution in [-0.2, 0) is 25.9 Å². The fourth-order valence-electron chi connectivity index (χ4n) is 9.85. The van der Waals surface area contributed by atoms with Crippen LogP contribution >= 0.6 is 0 Å². The Morgan fingerprint density at radius 1 is 0.487 bits per heavy atom. The number of nitrogens with two attached hydrogens (primary N) is 1. The average molecular weight is 1060 g/mol. The summed E-state index contributed by atoms with van der Waals surface area (Å²) < 4.78 is 16.6. The molecule has 8 rings (SSSR count). The molecule has 78 heavy (non-hydrogen) atoms. The van der Waals surface area contributed by atoms with Crippen LogP contribution in [0.4, 0.5) is 5.69 Å². The monoisotopic (exact) mass is 1060 g/mol. The third kappa shape index (κ3) is 16.1. The molecule has 6 aromatic carbocycles. The Hall–Kier alpha value is -7.80. The van der Waals surface area contributed by atoms with Crippen LogP contribution in [0, 0.1) is 0 Å². The highest BCUT2D eigenvalue weighted by molar-refractivity contribution is 6.01. The van der Waals surface area contributed by atoms with Gasteiger partial charge in [-0.05, 0) is 108 Å². The highest BCUT2D eigenvalue weighted by Gasteiger charge is 2.28. The molecule has 17 heteroatoms. The first-order valence-electron chi connectivity index (χ1n) is 26.8. The summed E-state index contributed by atoms with van der Waals surface area (Å²) in [5.74, 6) is 0.920. The maximum atomic E-state index is 14.5. The fraction of sp³-hybridized carbons (Fsp3) is 0.344. The molecule has 2 aliphatic heterocycles. The van der Waals surface area contributed by atoms with Crippen molar-refractivity contribution >= 4 is 29.3 Å². The van der Waals surface area contributed by atoms with Crippen molar-refractivity contribution in [3.63, 3.8) is 0 Å². The van der Waals surface area contributed by atoms with Crippen LogP contribution in [0.25, 0.3) is 0 Å². The number of carbonyl (C=O) groups is 4. The van der Waals surface area contributed by atoms with Crippen LogP contribution in [0.1, 0.15) is 63.7 Å². The van der Waals surface area contributed by atoms with Crippen molar-refractivity contribution in [2.24, 2.45) is 5.73 Å². The van der Waals surface area contributed by atoms with Gasteiger partial charge in [-0.1, -0.05) is 72.8 Å². The first-order valence-corrected chi connectivity index (χ1v) is 26.8. The molecular formula is C61H74N10O7. The lowest BCUT2D eigenvalue weighted by Crippen LogP contribution is -2.53. The summed E-state index contributed by atoms with van der Waals surface area (Å²) in [6, 6.07) is 43.6. The molecular weight excluding hydrogens is 985 g/mol. The highest BCUT2D eigenvalue weighted by Crippen LogP contribution is 2.22. The minimum absolute atomic E-state index is 0.104. The second-order valence-corrected chi connectivity index (χ2v) is 19.7. The quantitative estimate of drug-likeness (QED) is 0.0385. The Kier molecular flexibility index (Phi) is 20.6. The minimum Gasteiger partial charge on any atom is -0.497 e. The van der Waals surface area contributed by atoms with Crippen molar-refractivity contribution in [1.82, 2.24) is 41.7 Å². The summed E-state index contributed by atoms with van der Waals surface area (Å²) in [6.07, 6.45) is 0.842. The van der Waals surface area contributed by atoms with Crippen LogP contribution in [0.15, 0.2) is 146 Å². The van der Waals surface area contributed by atoms with Gasteiger partial charge in [-0.25, -0.2) is 0 Å². The van der Waals surface area contributed by atoms with Crippen LogP contribution in [-0.4, -0.2) is 144 Å². The van der Waals surface area contributed by atoms with Gasteiger partial charge in [0.25, 0.3) is 23.6 Å². The lowest BCUT2D eigenvalue weighted by Gasteiger charge is -2.31. The Morgan fingerprint density at radius 2 is 0.987 bits per heavy atom. The maximum absolute atomic E-state index is 14.5. The minimum atomic E-state index is -0.580. The van der Waals surface area contributed by atoms with E-state index >= 15 is 0 Å². The van der Waals surface area contributed by atoms with E-state index in [1.54, 1.807) is 61.6 Å². The lowest BCUT2D eigenvalue weighted by atomic mass is 9.96. The first kappa shape index (κ1) is 56.4. The van der Waals surface area contributed by atoms with Crippen LogP contribution in [0.5, 0.6) is 17.2 Å². The number of methoxy groups -OCH3 is 3. The van der Waals surface area contributed by atoms with Gasteiger partial charge in [0.2, 0.25) is 0 Å². The number of anilines is 1. The van der Waals surface area contributed by atoms with E-state index in [-0.39, 0.29) is 29.3 Å².